The molecule has 0 atom stereocenters. The first-order valence-electron chi connectivity index (χ1n) is 5.23. The van der Waals surface area contributed by atoms with E-state index in [0.717, 1.165) is 17.4 Å². The molecule has 2 rings (SSSR count). The van der Waals surface area contributed by atoms with Gasteiger partial charge in [0.05, 0.1) is 12.7 Å². The summed E-state index contributed by atoms with van der Waals surface area (Å²) in [5.41, 5.74) is 0.528. The van der Waals surface area contributed by atoms with E-state index in [0.29, 0.717) is 10.4 Å². The quantitative estimate of drug-likeness (QED) is 0.878. The van der Waals surface area contributed by atoms with Crippen molar-refractivity contribution in [2.45, 2.75) is 0 Å². The predicted octanol–water partition coefficient (Wildman–Crippen LogP) is 3.04. The number of esters is 1. The number of halogens is 1. The number of thiophene rings is 1. The van der Waals surface area contributed by atoms with Crippen LogP contribution in [-0.4, -0.2) is 24.2 Å². The van der Waals surface area contributed by atoms with E-state index < -0.39 is 17.8 Å². The molecular formula is C13H9FO4S. The van der Waals surface area contributed by atoms with E-state index >= 15 is 0 Å². The number of methoxy groups -OCH3 is 1. The van der Waals surface area contributed by atoms with Crippen molar-refractivity contribution >= 4 is 23.3 Å². The van der Waals surface area contributed by atoms with Crippen molar-refractivity contribution in [3.63, 3.8) is 0 Å². The number of hydrogen-bond acceptors (Lipinski definition) is 4. The maximum absolute atomic E-state index is 13.5. The summed E-state index contributed by atoms with van der Waals surface area (Å²) in [7, 11) is 1.21. The third-order valence-corrected chi connectivity index (χ3v) is 3.54. The first kappa shape index (κ1) is 13.2. The van der Waals surface area contributed by atoms with E-state index in [1.807, 2.05) is 0 Å². The number of ether oxygens (including phenoxy) is 1. The van der Waals surface area contributed by atoms with Gasteiger partial charge in [-0.05, 0) is 35.9 Å². The predicted molar refractivity (Wildman–Crippen MR) is 68.0 cm³/mol. The highest BCUT2D eigenvalue weighted by Gasteiger charge is 2.13. The zero-order valence-corrected chi connectivity index (χ0v) is 10.7. The molecule has 0 aliphatic rings. The van der Waals surface area contributed by atoms with Crippen LogP contribution in [0.1, 0.15) is 20.0 Å². The van der Waals surface area contributed by atoms with Crippen LogP contribution < -0.4 is 0 Å². The first-order valence-corrected chi connectivity index (χ1v) is 6.05. The van der Waals surface area contributed by atoms with Gasteiger partial charge in [-0.1, -0.05) is 0 Å². The Hall–Kier alpha value is -2.21. The van der Waals surface area contributed by atoms with Gasteiger partial charge in [0, 0.05) is 4.88 Å². The monoisotopic (exact) mass is 280 g/mol. The highest BCUT2D eigenvalue weighted by molar-refractivity contribution is 7.17. The van der Waals surface area contributed by atoms with Crippen LogP contribution in [0, 0.1) is 5.82 Å². The van der Waals surface area contributed by atoms with Crippen LogP contribution in [0.25, 0.3) is 10.4 Å². The molecule has 1 N–H and O–H groups in total. The SMILES string of the molecule is COC(=O)c1cc(F)cc(-c2ccc(C(=O)O)s2)c1. The molecule has 0 unspecified atom stereocenters. The fourth-order valence-electron chi connectivity index (χ4n) is 1.58. The van der Waals surface area contributed by atoms with Gasteiger partial charge in [-0.2, -0.15) is 0 Å². The lowest BCUT2D eigenvalue weighted by Crippen LogP contribution is -2.01. The highest BCUT2D eigenvalue weighted by atomic mass is 32.1. The molecule has 1 aromatic heterocycles. The summed E-state index contributed by atoms with van der Waals surface area (Å²) in [6.07, 6.45) is 0. The topological polar surface area (TPSA) is 63.6 Å². The number of carboxylic acids is 1. The molecule has 1 aromatic carbocycles. The van der Waals surface area contributed by atoms with Crippen molar-refractivity contribution < 1.29 is 23.8 Å². The molecule has 0 amide bonds. The average Bonchev–Trinajstić information content (AvgIpc) is 2.86. The Morgan fingerprint density at radius 2 is 2.00 bits per heavy atom. The molecule has 19 heavy (non-hydrogen) atoms. The minimum absolute atomic E-state index is 0.0859. The minimum Gasteiger partial charge on any atom is -0.477 e. The summed E-state index contributed by atoms with van der Waals surface area (Å²) in [6, 6.07) is 6.78. The number of carbonyl (C=O) groups excluding carboxylic acids is 1. The van der Waals surface area contributed by atoms with E-state index in [9.17, 15) is 14.0 Å². The molecule has 0 radical (unpaired) electrons. The van der Waals surface area contributed by atoms with Crippen LogP contribution in [0.2, 0.25) is 0 Å². The Morgan fingerprint density at radius 1 is 1.26 bits per heavy atom. The van der Waals surface area contributed by atoms with Crippen LogP contribution in [0.15, 0.2) is 30.3 Å². The number of aromatic carboxylic acids is 1. The number of benzene rings is 1. The standard InChI is InChI=1S/C13H9FO4S/c1-18-13(17)8-4-7(5-9(14)6-8)10-2-3-11(19-10)12(15)16/h2-6H,1H3,(H,15,16). The second kappa shape index (κ2) is 5.19. The number of hydrogen-bond donors (Lipinski definition) is 1. The molecule has 0 saturated heterocycles. The molecule has 6 heteroatoms. The molecule has 0 bridgehead atoms. The summed E-state index contributed by atoms with van der Waals surface area (Å²) in [5, 5.41) is 8.84. The van der Waals surface area contributed by atoms with Crippen LogP contribution in [0.5, 0.6) is 0 Å². The Morgan fingerprint density at radius 3 is 2.58 bits per heavy atom. The summed E-state index contributed by atoms with van der Waals surface area (Å²) >= 11 is 1.01. The third kappa shape index (κ3) is 2.79. The van der Waals surface area contributed by atoms with Gasteiger partial charge >= 0.3 is 11.9 Å². The summed E-state index contributed by atoms with van der Waals surface area (Å²) in [4.78, 5) is 22.9. The second-order valence-electron chi connectivity index (χ2n) is 3.69. The van der Waals surface area contributed by atoms with E-state index in [4.69, 9.17) is 5.11 Å². The van der Waals surface area contributed by atoms with Crippen molar-refractivity contribution in [1.82, 2.24) is 0 Å². The number of carboxylic acid groups (broad SMARTS) is 1. The Labute approximate surface area is 112 Å². The largest absolute Gasteiger partial charge is 0.477 e. The molecular weight excluding hydrogens is 271 g/mol. The Balaban J connectivity index is 2.46. The van der Waals surface area contributed by atoms with Crippen LogP contribution in [0.4, 0.5) is 4.39 Å². The average molecular weight is 280 g/mol. The van der Waals surface area contributed by atoms with Gasteiger partial charge in [-0.3, -0.25) is 0 Å². The normalized spacial score (nSPS) is 10.2. The van der Waals surface area contributed by atoms with Gasteiger partial charge in [0.1, 0.15) is 10.7 Å². The van der Waals surface area contributed by atoms with E-state index in [-0.39, 0.29) is 10.4 Å². The van der Waals surface area contributed by atoms with Gasteiger partial charge < -0.3 is 9.84 Å². The molecule has 0 aliphatic carbocycles. The fourth-order valence-corrected chi connectivity index (χ4v) is 2.41. The van der Waals surface area contributed by atoms with Gasteiger partial charge in [0.15, 0.2) is 0 Å². The molecule has 0 fully saturated rings. The number of rotatable bonds is 3. The van der Waals surface area contributed by atoms with Gasteiger partial charge in [-0.15, -0.1) is 11.3 Å². The van der Waals surface area contributed by atoms with Crippen LogP contribution in [-0.2, 0) is 4.74 Å². The first-order chi connectivity index (χ1) is 9.01. The van der Waals surface area contributed by atoms with Gasteiger partial charge in [0.25, 0.3) is 0 Å². The third-order valence-electron chi connectivity index (χ3n) is 2.42. The van der Waals surface area contributed by atoms with Crippen molar-refractivity contribution in [3.05, 3.63) is 46.6 Å². The zero-order chi connectivity index (χ0) is 14.0. The van der Waals surface area contributed by atoms with E-state index in [1.54, 1.807) is 6.07 Å². The van der Waals surface area contributed by atoms with E-state index in [2.05, 4.69) is 4.74 Å². The fraction of sp³-hybridized carbons (Fsp3) is 0.0769. The molecule has 0 saturated carbocycles. The van der Waals surface area contributed by atoms with Crippen molar-refractivity contribution in [1.29, 1.82) is 0 Å². The van der Waals surface area contributed by atoms with Crippen molar-refractivity contribution in [2.75, 3.05) is 7.11 Å². The van der Waals surface area contributed by atoms with Gasteiger partial charge in [0.2, 0.25) is 0 Å². The maximum atomic E-state index is 13.5. The van der Waals surface area contributed by atoms with Crippen molar-refractivity contribution in [3.8, 4) is 10.4 Å². The lowest BCUT2D eigenvalue weighted by molar-refractivity contribution is 0.0599. The molecule has 98 valence electrons. The smallest absolute Gasteiger partial charge is 0.345 e. The Bertz CT molecular complexity index is 648. The summed E-state index contributed by atoms with van der Waals surface area (Å²) in [5.74, 6) is -2.26. The maximum Gasteiger partial charge on any atom is 0.345 e. The van der Waals surface area contributed by atoms with E-state index in [1.165, 1.54) is 25.3 Å². The summed E-state index contributed by atoms with van der Waals surface area (Å²) < 4.78 is 18.0. The molecule has 2 aromatic rings. The lowest BCUT2D eigenvalue weighted by Gasteiger charge is -2.03. The number of carbonyl (C=O) groups is 2. The zero-order valence-electron chi connectivity index (χ0n) is 9.84. The second-order valence-corrected chi connectivity index (χ2v) is 4.77. The van der Waals surface area contributed by atoms with Gasteiger partial charge in [-0.25, -0.2) is 14.0 Å². The lowest BCUT2D eigenvalue weighted by atomic mass is 10.1. The molecule has 0 aliphatic heterocycles. The summed E-state index contributed by atoms with van der Waals surface area (Å²) in [6.45, 7) is 0. The Kier molecular flexibility index (Phi) is 3.62. The minimum atomic E-state index is -1.04. The van der Waals surface area contributed by atoms with Crippen LogP contribution >= 0.6 is 11.3 Å². The molecule has 0 spiro atoms. The van der Waals surface area contributed by atoms with Crippen molar-refractivity contribution in [2.24, 2.45) is 0 Å². The molecule has 4 nitrogen and oxygen atoms in total. The van der Waals surface area contributed by atoms with Crippen LogP contribution in [0.3, 0.4) is 0 Å². The molecule has 1 heterocycles. The highest BCUT2D eigenvalue weighted by Crippen LogP contribution is 2.29.